The van der Waals surface area contributed by atoms with Gasteiger partial charge in [-0.1, -0.05) is 19.3 Å². The van der Waals surface area contributed by atoms with Gasteiger partial charge in [-0.2, -0.15) is 0 Å². The number of aliphatic carboxylic acids is 1. The van der Waals surface area contributed by atoms with Crippen LogP contribution in [-0.4, -0.2) is 53.7 Å². The van der Waals surface area contributed by atoms with Crippen LogP contribution in [0.2, 0.25) is 0 Å². The van der Waals surface area contributed by atoms with Gasteiger partial charge in [-0.15, -0.1) is 11.3 Å². The van der Waals surface area contributed by atoms with Crippen molar-refractivity contribution in [2.45, 2.75) is 32.1 Å². The first-order valence-corrected chi connectivity index (χ1v) is 8.68. The van der Waals surface area contributed by atoms with E-state index < -0.39 is 11.4 Å². The van der Waals surface area contributed by atoms with Crippen molar-refractivity contribution in [1.82, 2.24) is 9.88 Å². The first-order valence-electron chi connectivity index (χ1n) is 7.80. The Morgan fingerprint density at radius 1 is 1.24 bits per heavy atom. The zero-order valence-electron chi connectivity index (χ0n) is 12.3. The lowest BCUT2D eigenvalue weighted by Gasteiger charge is -2.41. The molecule has 2 fully saturated rings. The summed E-state index contributed by atoms with van der Waals surface area (Å²) in [6, 6.07) is 0. The minimum Gasteiger partial charge on any atom is -0.481 e. The van der Waals surface area contributed by atoms with E-state index in [9.17, 15) is 9.90 Å². The average Bonchev–Trinajstić information content (AvgIpc) is 3.03. The zero-order chi connectivity index (χ0) is 14.7. The summed E-state index contributed by atoms with van der Waals surface area (Å²) in [5, 5.41) is 12.8. The second kappa shape index (κ2) is 6.32. The minimum atomic E-state index is -0.593. The van der Waals surface area contributed by atoms with E-state index in [4.69, 9.17) is 0 Å². The molecule has 1 aromatic heterocycles. The number of nitrogens with zero attached hydrogens (tertiary/aromatic N) is 3. The number of thiazole rings is 1. The number of carboxylic acids is 1. The number of anilines is 1. The van der Waals surface area contributed by atoms with Gasteiger partial charge in [0.25, 0.3) is 0 Å². The Labute approximate surface area is 129 Å². The van der Waals surface area contributed by atoms with E-state index in [1.165, 1.54) is 6.42 Å². The van der Waals surface area contributed by atoms with Gasteiger partial charge in [-0.3, -0.25) is 9.69 Å². The average molecular weight is 309 g/mol. The van der Waals surface area contributed by atoms with Crippen LogP contribution >= 0.6 is 11.3 Å². The van der Waals surface area contributed by atoms with Crippen LogP contribution in [0.3, 0.4) is 0 Å². The summed E-state index contributed by atoms with van der Waals surface area (Å²) in [6.45, 7) is 4.49. The van der Waals surface area contributed by atoms with Gasteiger partial charge in [0.2, 0.25) is 0 Å². The molecule has 0 aromatic carbocycles. The molecular formula is C15H23N3O2S. The Balaban J connectivity index is 1.57. The number of hydrogen-bond donors (Lipinski definition) is 1. The van der Waals surface area contributed by atoms with Crippen molar-refractivity contribution in [2.75, 3.05) is 37.6 Å². The Morgan fingerprint density at radius 3 is 2.52 bits per heavy atom. The molecule has 0 radical (unpaired) electrons. The molecule has 1 saturated carbocycles. The molecule has 0 unspecified atom stereocenters. The molecule has 1 aliphatic heterocycles. The fourth-order valence-corrected chi connectivity index (χ4v) is 4.26. The maximum Gasteiger partial charge on any atom is 0.310 e. The van der Waals surface area contributed by atoms with E-state index in [0.717, 1.165) is 57.0 Å². The second-order valence-corrected chi connectivity index (χ2v) is 7.10. The molecule has 1 saturated heterocycles. The highest BCUT2D eigenvalue weighted by Crippen LogP contribution is 2.37. The lowest BCUT2D eigenvalue weighted by Crippen LogP contribution is -2.52. The standard InChI is InChI=1S/C15H23N3O2S/c19-13(20)15(4-2-1-3-5-15)12-17-7-9-18(10-8-17)14-16-6-11-21-14/h6,11H,1-5,7-10,12H2,(H,19,20). The molecule has 2 aliphatic rings. The molecular weight excluding hydrogens is 286 g/mol. The monoisotopic (exact) mass is 309 g/mol. The summed E-state index contributed by atoms with van der Waals surface area (Å²) in [5.41, 5.74) is -0.498. The molecule has 116 valence electrons. The van der Waals surface area contributed by atoms with Gasteiger partial charge in [-0.05, 0) is 12.8 Å². The number of carbonyl (C=O) groups is 1. The third-order valence-electron chi connectivity index (χ3n) is 4.85. The minimum absolute atomic E-state index is 0.498. The summed E-state index contributed by atoms with van der Waals surface area (Å²) >= 11 is 1.67. The number of piperazine rings is 1. The molecule has 0 bridgehead atoms. The molecule has 0 amide bonds. The highest BCUT2D eigenvalue weighted by Gasteiger charge is 2.41. The first-order chi connectivity index (χ1) is 10.2. The Hall–Kier alpha value is -1.14. The largest absolute Gasteiger partial charge is 0.481 e. The highest BCUT2D eigenvalue weighted by atomic mass is 32.1. The summed E-state index contributed by atoms with van der Waals surface area (Å²) in [4.78, 5) is 20.7. The fourth-order valence-electron chi connectivity index (χ4n) is 3.57. The molecule has 3 rings (SSSR count). The molecule has 1 aromatic rings. The van der Waals surface area contributed by atoms with Crippen molar-refractivity contribution in [1.29, 1.82) is 0 Å². The summed E-state index contributed by atoms with van der Waals surface area (Å²) in [7, 11) is 0. The Kier molecular flexibility index (Phi) is 4.45. The van der Waals surface area contributed by atoms with E-state index >= 15 is 0 Å². The van der Waals surface area contributed by atoms with Crippen molar-refractivity contribution in [3.63, 3.8) is 0 Å². The summed E-state index contributed by atoms with van der Waals surface area (Å²) in [5.74, 6) is -0.593. The lowest BCUT2D eigenvalue weighted by molar-refractivity contribution is -0.152. The third-order valence-corrected chi connectivity index (χ3v) is 5.68. The second-order valence-electron chi connectivity index (χ2n) is 6.22. The predicted octanol–water partition coefficient (Wildman–Crippen LogP) is 2.30. The molecule has 6 heteroatoms. The smallest absolute Gasteiger partial charge is 0.310 e. The molecule has 0 spiro atoms. The normalized spacial score (nSPS) is 23.1. The molecule has 2 heterocycles. The van der Waals surface area contributed by atoms with Gasteiger partial charge in [-0.25, -0.2) is 4.98 Å². The quantitative estimate of drug-likeness (QED) is 0.925. The summed E-state index contributed by atoms with van der Waals surface area (Å²) in [6.07, 6.45) is 6.83. The SMILES string of the molecule is O=C(O)C1(CN2CCN(c3nccs3)CC2)CCCCC1. The van der Waals surface area contributed by atoms with Crippen LogP contribution < -0.4 is 4.90 Å². The van der Waals surface area contributed by atoms with Gasteiger partial charge in [0.1, 0.15) is 0 Å². The van der Waals surface area contributed by atoms with Crippen molar-refractivity contribution >= 4 is 22.4 Å². The van der Waals surface area contributed by atoms with Gasteiger partial charge in [0.05, 0.1) is 5.41 Å². The molecule has 5 nitrogen and oxygen atoms in total. The molecule has 1 N–H and O–H groups in total. The van der Waals surface area contributed by atoms with E-state index in [0.29, 0.717) is 6.54 Å². The van der Waals surface area contributed by atoms with Crippen molar-refractivity contribution in [3.8, 4) is 0 Å². The van der Waals surface area contributed by atoms with Crippen molar-refractivity contribution < 1.29 is 9.90 Å². The van der Waals surface area contributed by atoms with Crippen LogP contribution in [0.1, 0.15) is 32.1 Å². The van der Waals surface area contributed by atoms with Gasteiger partial charge < -0.3 is 10.0 Å². The first kappa shape index (κ1) is 14.8. The maximum absolute atomic E-state index is 11.8. The van der Waals surface area contributed by atoms with Gasteiger partial charge in [0, 0.05) is 44.3 Å². The molecule has 0 atom stereocenters. The number of carboxylic acid groups (broad SMARTS) is 1. The highest BCUT2D eigenvalue weighted by molar-refractivity contribution is 7.13. The fraction of sp³-hybridized carbons (Fsp3) is 0.733. The van der Waals surface area contributed by atoms with Gasteiger partial charge >= 0.3 is 5.97 Å². The van der Waals surface area contributed by atoms with E-state index in [1.54, 1.807) is 11.3 Å². The summed E-state index contributed by atoms with van der Waals surface area (Å²) < 4.78 is 0. The predicted molar refractivity (Wildman–Crippen MR) is 83.9 cm³/mol. The Bertz CT molecular complexity index is 463. The van der Waals surface area contributed by atoms with E-state index in [2.05, 4.69) is 14.8 Å². The van der Waals surface area contributed by atoms with E-state index in [-0.39, 0.29) is 0 Å². The molecule has 21 heavy (non-hydrogen) atoms. The van der Waals surface area contributed by atoms with Crippen LogP contribution in [-0.2, 0) is 4.79 Å². The van der Waals surface area contributed by atoms with Crippen molar-refractivity contribution in [3.05, 3.63) is 11.6 Å². The van der Waals surface area contributed by atoms with E-state index in [1.807, 2.05) is 11.6 Å². The maximum atomic E-state index is 11.8. The molecule has 1 aliphatic carbocycles. The van der Waals surface area contributed by atoms with Crippen LogP contribution in [0.5, 0.6) is 0 Å². The lowest BCUT2D eigenvalue weighted by atomic mass is 9.73. The van der Waals surface area contributed by atoms with Crippen LogP contribution in [0, 0.1) is 5.41 Å². The van der Waals surface area contributed by atoms with Crippen LogP contribution in [0.15, 0.2) is 11.6 Å². The number of aromatic nitrogens is 1. The third kappa shape index (κ3) is 3.21. The van der Waals surface area contributed by atoms with Crippen LogP contribution in [0.25, 0.3) is 0 Å². The van der Waals surface area contributed by atoms with Gasteiger partial charge in [0.15, 0.2) is 5.13 Å². The van der Waals surface area contributed by atoms with Crippen LogP contribution in [0.4, 0.5) is 5.13 Å². The number of rotatable bonds is 4. The topological polar surface area (TPSA) is 56.7 Å². The Morgan fingerprint density at radius 2 is 1.95 bits per heavy atom. The zero-order valence-corrected chi connectivity index (χ0v) is 13.1. The van der Waals surface area contributed by atoms with Crippen molar-refractivity contribution in [2.24, 2.45) is 5.41 Å². The number of hydrogen-bond acceptors (Lipinski definition) is 5.